The quantitative estimate of drug-likeness (QED) is 0.417. The van der Waals surface area contributed by atoms with Crippen LogP contribution in [0.5, 0.6) is 11.5 Å². The first-order valence-electron chi connectivity index (χ1n) is 10.2. The van der Waals surface area contributed by atoms with Crippen LogP contribution in [0.3, 0.4) is 0 Å². The number of rotatable bonds is 8. The molecule has 0 unspecified atom stereocenters. The molecule has 3 rings (SSSR count). The molecule has 0 saturated heterocycles. The van der Waals surface area contributed by atoms with Gasteiger partial charge in [-0.05, 0) is 68.7 Å². The summed E-state index contributed by atoms with van der Waals surface area (Å²) in [7, 11) is 0. The highest BCUT2D eigenvalue weighted by Gasteiger charge is 2.09. The molecule has 0 saturated carbocycles. The van der Waals surface area contributed by atoms with Gasteiger partial charge in [-0.3, -0.25) is 4.79 Å². The summed E-state index contributed by atoms with van der Waals surface area (Å²) in [5, 5.41) is 3.95. The summed E-state index contributed by atoms with van der Waals surface area (Å²) in [6, 6.07) is 13.1. The zero-order valence-electron chi connectivity index (χ0n) is 18.6. The molecule has 32 heavy (non-hydrogen) atoms. The van der Waals surface area contributed by atoms with Crippen molar-refractivity contribution in [1.29, 1.82) is 0 Å². The number of nitrogens with one attached hydrogen (secondary N) is 2. The van der Waals surface area contributed by atoms with Crippen LogP contribution in [-0.4, -0.2) is 28.7 Å². The van der Waals surface area contributed by atoms with Gasteiger partial charge in [0.2, 0.25) is 0 Å². The molecule has 0 atom stereocenters. The highest BCUT2D eigenvalue weighted by molar-refractivity contribution is 5.93. The minimum Gasteiger partial charge on any atom is -0.490 e. The van der Waals surface area contributed by atoms with Gasteiger partial charge in [0.1, 0.15) is 12.3 Å². The maximum absolute atomic E-state index is 12.1. The number of hydrazone groups is 1. The second-order valence-corrected chi connectivity index (χ2v) is 7.31. The van der Waals surface area contributed by atoms with Gasteiger partial charge < -0.3 is 14.5 Å². The molecule has 1 amide bonds. The first-order valence-corrected chi connectivity index (χ1v) is 10.2. The SMILES string of the molecule is CCOc1cc(/C=N/NC(=O)c2cc(C)[nH]c(=O)n2)ccc1OCc1cc(C)ccc1C. The van der Waals surface area contributed by atoms with Crippen LogP contribution in [0.2, 0.25) is 0 Å². The third kappa shape index (κ3) is 6.04. The van der Waals surface area contributed by atoms with Crippen molar-refractivity contribution in [3.8, 4) is 11.5 Å². The van der Waals surface area contributed by atoms with Crippen LogP contribution in [0, 0.1) is 20.8 Å². The molecule has 1 heterocycles. The number of aromatic amines is 1. The van der Waals surface area contributed by atoms with E-state index >= 15 is 0 Å². The lowest BCUT2D eigenvalue weighted by molar-refractivity contribution is 0.0949. The summed E-state index contributed by atoms with van der Waals surface area (Å²) < 4.78 is 11.7. The third-order valence-electron chi connectivity index (χ3n) is 4.65. The van der Waals surface area contributed by atoms with Gasteiger partial charge in [-0.2, -0.15) is 10.1 Å². The van der Waals surface area contributed by atoms with E-state index in [0.29, 0.717) is 36.0 Å². The highest BCUT2D eigenvalue weighted by Crippen LogP contribution is 2.29. The predicted molar refractivity (Wildman–Crippen MR) is 123 cm³/mol. The predicted octanol–water partition coefficient (Wildman–Crippen LogP) is 3.44. The Hall–Kier alpha value is -3.94. The number of hydrogen-bond acceptors (Lipinski definition) is 6. The average Bonchev–Trinajstić information content (AvgIpc) is 2.75. The standard InChI is InChI=1S/C24H26N4O4/c1-5-31-22-12-18(13-25-28-23(29)20-11-17(4)26-24(30)27-20)8-9-21(22)32-14-19-10-15(2)6-7-16(19)3/h6-13H,5,14H2,1-4H3,(H,28,29)(H,26,27,30)/b25-13+. The first kappa shape index (κ1) is 22.7. The lowest BCUT2D eigenvalue weighted by Gasteiger charge is -2.14. The van der Waals surface area contributed by atoms with Gasteiger partial charge in [0.05, 0.1) is 12.8 Å². The molecule has 2 N–H and O–H groups in total. The summed E-state index contributed by atoms with van der Waals surface area (Å²) >= 11 is 0. The Morgan fingerprint density at radius 3 is 2.66 bits per heavy atom. The van der Waals surface area contributed by atoms with E-state index in [-0.39, 0.29) is 5.69 Å². The molecule has 0 fully saturated rings. The Balaban J connectivity index is 1.70. The summed E-state index contributed by atoms with van der Waals surface area (Å²) in [4.78, 5) is 29.7. The molecule has 3 aromatic rings. The minimum atomic E-state index is -0.586. The molecule has 0 aliphatic carbocycles. The summed E-state index contributed by atoms with van der Waals surface area (Å²) in [6.07, 6.45) is 1.48. The zero-order chi connectivity index (χ0) is 23.1. The van der Waals surface area contributed by atoms with Crippen molar-refractivity contribution in [3.63, 3.8) is 0 Å². The average molecular weight is 434 g/mol. The monoisotopic (exact) mass is 434 g/mol. The molecule has 0 aliphatic heterocycles. The van der Waals surface area contributed by atoms with E-state index < -0.39 is 11.6 Å². The number of ether oxygens (including phenoxy) is 2. The van der Waals surface area contributed by atoms with Gasteiger partial charge in [0, 0.05) is 5.69 Å². The number of aromatic nitrogens is 2. The molecule has 8 heteroatoms. The minimum absolute atomic E-state index is 0.00593. The number of H-pyrrole nitrogens is 1. The molecule has 1 aromatic heterocycles. The molecule has 0 bridgehead atoms. The summed E-state index contributed by atoms with van der Waals surface area (Å²) in [5.74, 6) is 0.631. The van der Waals surface area contributed by atoms with E-state index in [4.69, 9.17) is 9.47 Å². The van der Waals surface area contributed by atoms with E-state index in [9.17, 15) is 9.59 Å². The first-order chi connectivity index (χ1) is 15.4. The molecule has 0 spiro atoms. The van der Waals surface area contributed by atoms with Gasteiger partial charge in [-0.15, -0.1) is 0 Å². The maximum Gasteiger partial charge on any atom is 0.345 e. The fourth-order valence-corrected chi connectivity index (χ4v) is 3.02. The maximum atomic E-state index is 12.1. The van der Waals surface area contributed by atoms with Gasteiger partial charge in [-0.1, -0.05) is 23.8 Å². The molecule has 166 valence electrons. The van der Waals surface area contributed by atoms with Crippen LogP contribution in [0.15, 0.2) is 52.4 Å². The number of amides is 1. The van der Waals surface area contributed by atoms with E-state index in [0.717, 1.165) is 11.1 Å². The second-order valence-electron chi connectivity index (χ2n) is 7.31. The second kappa shape index (κ2) is 10.4. The smallest absolute Gasteiger partial charge is 0.345 e. The van der Waals surface area contributed by atoms with Crippen LogP contribution in [-0.2, 0) is 6.61 Å². The van der Waals surface area contributed by atoms with E-state index in [1.165, 1.54) is 17.8 Å². The van der Waals surface area contributed by atoms with Crippen LogP contribution < -0.4 is 20.6 Å². The molecule has 2 aromatic carbocycles. The molecular weight excluding hydrogens is 408 g/mol. The summed E-state index contributed by atoms with van der Waals surface area (Å²) in [6.45, 7) is 8.57. The van der Waals surface area contributed by atoms with Crippen molar-refractivity contribution < 1.29 is 14.3 Å². The van der Waals surface area contributed by atoms with E-state index in [1.807, 2.05) is 13.0 Å². The molecule has 0 aliphatic rings. The number of hydrogen-bond donors (Lipinski definition) is 2. The topological polar surface area (TPSA) is 106 Å². The Morgan fingerprint density at radius 1 is 1.09 bits per heavy atom. The van der Waals surface area contributed by atoms with Crippen LogP contribution >= 0.6 is 0 Å². The van der Waals surface area contributed by atoms with E-state index in [2.05, 4.69) is 52.5 Å². The molecular formula is C24H26N4O4. The Kier molecular flexibility index (Phi) is 7.38. The van der Waals surface area contributed by atoms with Gasteiger partial charge in [0.15, 0.2) is 11.5 Å². The van der Waals surface area contributed by atoms with Crippen molar-refractivity contribution in [2.75, 3.05) is 6.61 Å². The van der Waals surface area contributed by atoms with Gasteiger partial charge >= 0.3 is 5.69 Å². The fraction of sp³-hybridized carbons (Fsp3) is 0.250. The van der Waals surface area contributed by atoms with Gasteiger partial charge in [0.25, 0.3) is 5.91 Å². The number of nitrogens with zero attached hydrogens (tertiary/aromatic N) is 2. The molecule has 0 radical (unpaired) electrons. The summed E-state index contributed by atoms with van der Waals surface area (Å²) in [5.41, 5.74) is 6.49. The van der Waals surface area contributed by atoms with Crippen LogP contribution in [0.1, 0.15) is 45.4 Å². The van der Waals surface area contributed by atoms with Crippen molar-refractivity contribution in [1.82, 2.24) is 15.4 Å². The Labute approximate surface area is 186 Å². The Bertz CT molecular complexity index is 1200. The Morgan fingerprint density at radius 2 is 1.91 bits per heavy atom. The van der Waals surface area contributed by atoms with Crippen molar-refractivity contribution in [2.24, 2.45) is 5.10 Å². The third-order valence-corrected chi connectivity index (χ3v) is 4.65. The number of benzene rings is 2. The van der Waals surface area contributed by atoms with Crippen molar-refractivity contribution >= 4 is 12.1 Å². The highest BCUT2D eigenvalue weighted by atomic mass is 16.5. The van der Waals surface area contributed by atoms with Crippen LogP contribution in [0.25, 0.3) is 0 Å². The number of carbonyl (C=O) groups excluding carboxylic acids is 1. The van der Waals surface area contributed by atoms with E-state index in [1.54, 1.807) is 19.1 Å². The van der Waals surface area contributed by atoms with Crippen LogP contribution in [0.4, 0.5) is 0 Å². The largest absolute Gasteiger partial charge is 0.490 e. The van der Waals surface area contributed by atoms with Crippen molar-refractivity contribution in [3.05, 3.63) is 86.6 Å². The number of aryl methyl sites for hydroxylation is 3. The number of carbonyl (C=O) groups is 1. The molecule has 8 nitrogen and oxygen atoms in total. The normalized spacial score (nSPS) is 10.9. The lowest BCUT2D eigenvalue weighted by atomic mass is 10.1. The lowest BCUT2D eigenvalue weighted by Crippen LogP contribution is -2.24. The van der Waals surface area contributed by atoms with Gasteiger partial charge in [-0.25, -0.2) is 10.2 Å². The fourth-order valence-electron chi connectivity index (χ4n) is 3.02. The zero-order valence-corrected chi connectivity index (χ0v) is 18.6. The van der Waals surface area contributed by atoms with Crippen molar-refractivity contribution in [2.45, 2.75) is 34.3 Å².